The molecule has 0 saturated heterocycles. The minimum Gasteiger partial charge on any atom is -0.332 e. The number of benzene rings is 1. The van der Waals surface area contributed by atoms with Gasteiger partial charge in [-0.3, -0.25) is 9.59 Å². The molecule has 170 valence electrons. The normalized spacial score (nSPS) is 12.5. The first-order valence-electron chi connectivity index (χ1n) is 10.2. The number of hydrogen-bond donors (Lipinski definition) is 1. The maximum Gasteiger partial charge on any atom is 0.245 e. The highest BCUT2D eigenvalue weighted by molar-refractivity contribution is 6.42. The summed E-state index contributed by atoms with van der Waals surface area (Å²) in [4.78, 5) is 26.7. The van der Waals surface area contributed by atoms with Crippen molar-refractivity contribution in [3.63, 3.8) is 0 Å². The van der Waals surface area contributed by atoms with Gasteiger partial charge in [0.25, 0.3) is 0 Å². The lowest BCUT2D eigenvalue weighted by molar-refractivity contribution is -0.134. The third-order valence-corrected chi connectivity index (χ3v) is 5.59. The Morgan fingerprint density at radius 1 is 1.19 bits per heavy atom. The topological polar surface area (TPSA) is 67.2 Å². The van der Waals surface area contributed by atoms with E-state index in [0.717, 1.165) is 18.5 Å². The van der Waals surface area contributed by atoms with E-state index in [1.165, 1.54) is 4.90 Å². The van der Waals surface area contributed by atoms with Gasteiger partial charge < -0.3 is 10.2 Å². The van der Waals surface area contributed by atoms with E-state index in [9.17, 15) is 9.59 Å². The van der Waals surface area contributed by atoms with Gasteiger partial charge in [0.1, 0.15) is 11.2 Å². The Balaban J connectivity index is 2.33. The van der Waals surface area contributed by atoms with E-state index in [4.69, 9.17) is 34.8 Å². The Hall–Kier alpha value is -1.76. The first-order chi connectivity index (χ1) is 14.4. The third kappa shape index (κ3) is 6.86. The third-order valence-electron chi connectivity index (χ3n) is 4.66. The largest absolute Gasteiger partial charge is 0.332 e. The Bertz CT molecular complexity index is 935. The second kappa shape index (κ2) is 10.7. The van der Waals surface area contributed by atoms with Crippen molar-refractivity contribution in [3.8, 4) is 5.69 Å². The predicted octanol–water partition coefficient (Wildman–Crippen LogP) is 5.67. The van der Waals surface area contributed by atoms with Crippen LogP contribution in [0.4, 0.5) is 5.82 Å². The van der Waals surface area contributed by atoms with Crippen molar-refractivity contribution in [1.82, 2.24) is 14.7 Å². The molecule has 1 heterocycles. The summed E-state index contributed by atoms with van der Waals surface area (Å²) in [6.07, 6.45) is 1.69. The summed E-state index contributed by atoms with van der Waals surface area (Å²) in [7, 11) is 0. The fourth-order valence-electron chi connectivity index (χ4n) is 2.87. The van der Waals surface area contributed by atoms with Crippen molar-refractivity contribution in [3.05, 3.63) is 40.0 Å². The number of halogens is 3. The van der Waals surface area contributed by atoms with Crippen LogP contribution in [-0.2, 0) is 15.0 Å². The summed E-state index contributed by atoms with van der Waals surface area (Å²) in [6.45, 7) is 10.1. The lowest BCUT2D eigenvalue weighted by Crippen LogP contribution is -2.41. The second-order valence-corrected chi connectivity index (χ2v) is 9.92. The molecule has 0 aliphatic heterocycles. The molecule has 1 N–H and O–H groups in total. The van der Waals surface area contributed by atoms with Crippen LogP contribution in [0.25, 0.3) is 5.69 Å². The maximum atomic E-state index is 12.8. The van der Waals surface area contributed by atoms with Crippen LogP contribution in [-0.4, -0.2) is 45.0 Å². The first kappa shape index (κ1) is 25.5. The predicted molar refractivity (Wildman–Crippen MR) is 128 cm³/mol. The zero-order valence-corrected chi connectivity index (χ0v) is 20.8. The highest BCUT2D eigenvalue weighted by atomic mass is 35.5. The van der Waals surface area contributed by atoms with E-state index in [1.54, 1.807) is 29.8 Å². The molecule has 0 radical (unpaired) electrons. The summed E-state index contributed by atoms with van der Waals surface area (Å²) < 4.78 is 1.61. The number of aromatic nitrogens is 2. The van der Waals surface area contributed by atoms with Crippen molar-refractivity contribution in [2.75, 3.05) is 18.4 Å². The SMILES string of the molecule is CCCCN(CC(=O)Nc1cc(C(C)(C)C)nn1-c1ccc(Cl)c(Cl)c1)C(=O)C(C)Cl. The number of alkyl halides is 1. The molecular formula is C22H29Cl3N4O2. The van der Waals surface area contributed by atoms with Crippen LogP contribution in [0.2, 0.25) is 10.0 Å². The molecule has 0 fully saturated rings. The number of unbranched alkanes of at least 4 members (excludes halogenated alkanes) is 1. The molecule has 2 amide bonds. The molecular weight excluding hydrogens is 459 g/mol. The van der Waals surface area contributed by atoms with Gasteiger partial charge >= 0.3 is 0 Å². The molecule has 1 unspecified atom stereocenters. The van der Waals surface area contributed by atoms with Gasteiger partial charge in [-0.2, -0.15) is 5.10 Å². The molecule has 6 nitrogen and oxygen atoms in total. The van der Waals surface area contributed by atoms with Gasteiger partial charge in [0.15, 0.2) is 0 Å². The Labute approximate surface area is 198 Å². The Morgan fingerprint density at radius 2 is 1.87 bits per heavy atom. The average Bonchev–Trinajstić information content (AvgIpc) is 3.10. The van der Waals surface area contributed by atoms with Crippen LogP contribution in [0.5, 0.6) is 0 Å². The van der Waals surface area contributed by atoms with Gasteiger partial charge in [0.2, 0.25) is 11.8 Å². The zero-order valence-electron chi connectivity index (χ0n) is 18.5. The van der Waals surface area contributed by atoms with Crippen LogP contribution in [0, 0.1) is 0 Å². The summed E-state index contributed by atoms with van der Waals surface area (Å²) >= 11 is 18.2. The fraction of sp³-hybridized carbons (Fsp3) is 0.500. The number of rotatable bonds is 8. The monoisotopic (exact) mass is 486 g/mol. The standard InChI is InChI=1S/C22H29Cl3N4O2/c1-6-7-10-28(21(31)14(2)23)13-20(30)26-19-12-18(22(3,4)5)27-29(19)15-8-9-16(24)17(25)11-15/h8-9,11-12,14H,6-7,10,13H2,1-5H3,(H,26,30). The highest BCUT2D eigenvalue weighted by Crippen LogP contribution is 2.29. The van der Waals surface area contributed by atoms with Crippen LogP contribution < -0.4 is 5.32 Å². The van der Waals surface area contributed by atoms with Crippen LogP contribution in [0.1, 0.15) is 53.2 Å². The van der Waals surface area contributed by atoms with Gasteiger partial charge in [0.05, 0.1) is 28.0 Å². The summed E-state index contributed by atoms with van der Waals surface area (Å²) in [5.74, 6) is -0.114. The number of carbonyl (C=O) groups is 2. The van der Waals surface area contributed by atoms with Gasteiger partial charge in [0, 0.05) is 18.0 Å². The van der Waals surface area contributed by atoms with E-state index in [0.29, 0.717) is 28.1 Å². The second-order valence-electron chi connectivity index (χ2n) is 8.45. The summed E-state index contributed by atoms with van der Waals surface area (Å²) in [5, 5.41) is 7.67. The number of anilines is 1. The molecule has 2 rings (SSSR count). The summed E-state index contributed by atoms with van der Waals surface area (Å²) in [5.41, 5.74) is 1.22. The fourth-order valence-corrected chi connectivity index (χ4v) is 3.30. The smallest absolute Gasteiger partial charge is 0.245 e. The molecule has 0 aliphatic rings. The van der Waals surface area contributed by atoms with E-state index in [2.05, 4.69) is 10.4 Å². The number of nitrogens with zero attached hydrogens (tertiary/aromatic N) is 3. The average molecular weight is 488 g/mol. The van der Waals surface area contributed by atoms with E-state index in [1.807, 2.05) is 33.8 Å². The molecule has 1 aromatic carbocycles. The minimum absolute atomic E-state index is 0.0900. The van der Waals surface area contributed by atoms with Crippen LogP contribution >= 0.6 is 34.8 Å². The molecule has 0 bridgehead atoms. The molecule has 0 aliphatic carbocycles. The molecule has 0 saturated carbocycles. The van der Waals surface area contributed by atoms with Crippen molar-refractivity contribution < 1.29 is 9.59 Å². The van der Waals surface area contributed by atoms with E-state index >= 15 is 0 Å². The summed E-state index contributed by atoms with van der Waals surface area (Å²) in [6, 6.07) is 6.96. The number of hydrogen-bond acceptors (Lipinski definition) is 3. The molecule has 1 aromatic heterocycles. The lowest BCUT2D eigenvalue weighted by atomic mass is 9.92. The zero-order chi connectivity index (χ0) is 23.3. The van der Waals surface area contributed by atoms with Crippen LogP contribution in [0.15, 0.2) is 24.3 Å². The van der Waals surface area contributed by atoms with Gasteiger partial charge in [-0.1, -0.05) is 57.3 Å². The Morgan fingerprint density at radius 3 is 2.42 bits per heavy atom. The van der Waals surface area contributed by atoms with Crippen molar-refractivity contribution in [2.45, 2.75) is 58.3 Å². The van der Waals surface area contributed by atoms with E-state index < -0.39 is 5.38 Å². The quantitative estimate of drug-likeness (QED) is 0.488. The first-order valence-corrected chi connectivity index (χ1v) is 11.4. The van der Waals surface area contributed by atoms with E-state index in [-0.39, 0.29) is 23.8 Å². The maximum absolute atomic E-state index is 12.8. The molecule has 0 spiro atoms. The molecule has 9 heteroatoms. The van der Waals surface area contributed by atoms with Crippen molar-refractivity contribution in [1.29, 1.82) is 0 Å². The number of amides is 2. The lowest BCUT2D eigenvalue weighted by Gasteiger charge is -2.23. The Kier molecular flexibility index (Phi) is 8.81. The van der Waals surface area contributed by atoms with Crippen LogP contribution in [0.3, 0.4) is 0 Å². The van der Waals surface area contributed by atoms with Gasteiger partial charge in [-0.05, 0) is 31.5 Å². The van der Waals surface area contributed by atoms with Crippen molar-refractivity contribution >= 4 is 52.4 Å². The minimum atomic E-state index is -0.695. The number of nitrogens with one attached hydrogen (secondary N) is 1. The van der Waals surface area contributed by atoms with Crippen molar-refractivity contribution in [2.24, 2.45) is 0 Å². The molecule has 2 aromatic rings. The molecule has 1 atom stereocenters. The molecule has 31 heavy (non-hydrogen) atoms. The van der Waals surface area contributed by atoms with Gasteiger partial charge in [-0.15, -0.1) is 11.6 Å². The highest BCUT2D eigenvalue weighted by Gasteiger charge is 2.24. The van der Waals surface area contributed by atoms with Gasteiger partial charge in [-0.25, -0.2) is 4.68 Å². The number of carbonyl (C=O) groups excluding carboxylic acids is 2.